The fourth-order valence-electron chi connectivity index (χ4n) is 4.36. The summed E-state index contributed by atoms with van der Waals surface area (Å²) in [4.78, 5) is 2.08. The number of rotatable bonds is 6. The van der Waals surface area contributed by atoms with Crippen LogP contribution in [0.3, 0.4) is 0 Å². The molecule has 3 fully saturated rings. The zero-order chi connectivity index (χ0) is 22.2. The van der Waals surface area contributed by atoms with Crippen molar-refractivity contribution in [2.45, 2.75) is 62.1 Å². The summed E-state index contributed by atoms with van der Waals surface area (Å²) in [6, 6.07) is -4.42. The van der Waals surface area contributed by atoms with Crippen molar-refractivity contribution in [3.63, 3.8) is 0 Å². The topological polar surface area (TPSA) is 34.2 Å². The molecule has 0 aromatic carbocycles. The highest BCUT2D eigenvalue weighted by Crippen LogP contribution is 2.46. The van der Waals surface area contributed by atoms with E-state index in [-0.39, 0.29) is 52.6 Å². The van der Waals surface area contributed by atoms with Crippen LogP contribution in [0, 0.1) is 0 Å². The lowest BCUT2D eigenvalue weighted by Crippen LogP contribution is -2.63. The van der Waals surface area contributed by atoms with Gasteiger partial charge in [-0.2, -0.15) is 13.2 Å². The molecule has 5 nitrogen and oxygen atoms in total. The molecule has 30 heavy (non-hydrogen) atoms. The number of hydrogen-bond donors (Lipinski definition) is 0. The Labute approximate surface area is 170 Å². The highest BCUT2D eigenvalue weighted by Gasteiger charge is 2.65. The maximum Gasteiger partial charge on any atom is 0.410 e. The summed E-state index contributed by atoms with van der Waals surface area (Å²) >= 11 is 0. The van der Waals surface area contributed by atoms with E-state index in [0.29, 0.717) is 4.90 Å². The van der Waals surface area contributed by atoms with E-state index >= 15 is 0 Å². The lowest BCUT2D eigenvalue weighted by Gasteiger charge is -2.42. The molecule has 4 unspecified atom stereocenters. The minimum absolute atomic E-state index is 0.105. The average Bonchev–Trinajstić information content (AvgIpc) is 3.20. The summed E-state index contributed by atoms with van der Waals surface area (Å²) in [5.74, 6) is -7.86. The first-order valence-corrected chi connectivity index (χ1v) is 10.1. The smallest absolute Gasteiger partial charge is 0.379 e. The molecule has 0 aromatic heterocycles. The van der Waals surface area contributed by atoms with Crippen molar-refractivity contribution in [3.05, 3.63) is 0 Å². The van der Waals surface area contributed by atoms with Gasteiger partial charge in [0.05, 0.1) is 32.5 Å². The van der Waals surface area contributed by atoms with Crippen molar-refractivity contribution >= 4 is 0 Å². The van der Waals surface area contributed by atoms with Crippen LogP contribution in [0.4, 0.5) is 30.7 Å². The lowest BCUT2D eigenvalue weighted by molar-refractivity contribution is -0.284. The SMILES string of the molecule is CC(N1CCOCC1)C(F)(F)C1CCC(C(F)(F)C(N2CCOCC2)C(F)(F)F)O1. The second-order valence-corrected chi connectivity index (χ2v) is 7.96. The number of ether oxygens (including phenoxy) is 3. The molecule has 0 bridgehead atoms. The zero-order valence-corrected chi connectivity index (χ0v) is 16.6. The van der Waals surface area contributed by atoms with Gasteiger partial charge in [0.15, 0.2) is 6.04 Å². The fourth-order valence-corrected chi connectivity index (χ4v) is 4.36. The van der Waals surface area contributed by atoms with E-state index < -0.39 is 55.2 Å². The Hall–Kier alpha value is -0.690. The van der Waals surface area contributed by atoms with E-state index in [1.54, 1.807) is 0 Å². The van der Waals surface area contributed by atoms with E-state index in [9.17, 15) is 30.7 Å². The average molecular weight is 452 g/mol. The van der Waals surface area contributed by atoms with Gasteiger partial charge in [-0.1, -0.05) is 0 Å². The van der Waals surface area contributed by atoms with E-state index in [0.717, 1.165) is 0 Å². The molecule has 3 saturated heterocycles. The van der Waals surface area contributed by atoms with Crippen LogP contribution in [0.15, 0.2) is 0 Å². The number of nitrogens with zero attached hydrogens (tertiary/aromatic N) is 2. The molecule has 0 spiro atoms. The van der Waals surface area contributed by atoms with Crippen LogP contribution in [-0.4, -0.2) is 105 Å². The number of alkyl halides is 7. The predicted molar refractivity (Wildman–Crippen MR) is 91.9 cm³/mol. The van der Waals surface area contributed by atoms with Crippen LogP contribution in [0.5, 0.6) is 0 Å². The van der Waals surface area contributed by atoms with Crippen LogP contribution in [-0.2, 0) is 14.2 Å². The second-order valence-electron chi connectivity index (χ2n) is 7.96. The van der Waals surface area contributed by atoms with Gasteiger partial charge in [0.25, 0.3) is 11.8 Å². The standard InChI is InChI=1S/C18H27F7N2O3/c1-12(26-4-8-28-9-5-26)16(19,20)13-2-3-14(30-13)17(21,22)15(18(23,24)25)27-6-10-29-11-7-27/h12-15H,2-11H2,1H3. The molecule has 0 saturated carbocycles. The van der Waals surface area contributed by atoms with Crippen molar-refractivity contribution in [2.24, 2.45) is 0 Å². The monoisotopic (exact) mass is 452 g/mol. The highest BCUT2D eigenvalue weighted by atomic mass is 19.4. The van der Waals surface area contributed by atoms with Crippen LogP contribution in [0.2, 0.25) is 0 Å². The Bertz CT molecular complexity index is 566. The molecule has 176 valence electrons. The third-order valence-corrected chi connectivity index (χ3v) is 6.11. The van der Waals surface area contributed by atoms with Crippen molar-refractivity contribution in [2.75, 3.05) is 52.6 Å². The molecular weight excluding hydrogens is 425 g/mol. The number of morpholine rings is 2. The van der Waals surface area contributed by atoms with E-state index in [4.69, 9.17) is 14.2 Å². The summed E-state index contributed by atoms with van der Waals surface area (Å²) < 4.78 is 116. The summed E-state index contributed by atoms with van der Waals surface area (Å²) in [6.07, 6.45) is -10.4. The summed E-state index contributed by atoms with van der Waals surface area (Å²) in [5.41, 5.74) is 0. The molecule has 4 atom stereocenters. The second kappa shape index (κ2) is 9.05. The predicted octanol–water partition coefficient (Wildman–Crippen LogP) is 2.79. The summed E-state index contributed by atoms with van der Waals surface area (Å²) in [7, 11) is 0. The molecule has 0 aliphatic carbocycles. The molecule has 0 radical (unpaired) electrons. The Morgan fingerprint density at radius 2 is 1.13 bits per heavy atom. The van der Waals surface area contributed by atoms with Gasteiger partial charge >= 0.3 is 6.18 Å². The normalized spacial score (nSPS) is 30.4. The van der Waals surface area contributed by atoms with Crippen LogP contribution >= 0.6 is 0 Å². The van der Waals surface area contributed by atoms with Gasteiger partial charge in [-0.3, -0.25) is 9.80 Å². The van der Waals surface area contributed by atoms with Gasteiger partial charge in [0.2, 0.25) is 0 Å². The van der Waals surface area contributed by atoms with E-state index in [1.165, 1.54) is 11.8 Å². The molecular formula is C18H27F7N2O3. The fraction of sp³-hybridized carbons (Fsp3) is 1.00. The minimum Gasteiger partial charge on any atom is -0.379 e. The van der Waals surface area contributed by atoms with Gasteiger partial charge in [-0.05, 0) is 19.8 Å². The molecule has 3 rings (SSSR count). The third-order valence-electron chi connectivity index (χ3n) is 6.11. The maximum absolute atomic E-state index is 15.0. The first-order chi connectivity index (χ1) is 14.0. The molecule has 0 aromatic rings. The number of hydrogen-bond acceptors (Lipinski definition) is 5. The Kier molecular flexibility index (Phi) is 7.23. The van der Waals surface area contributed by atoms with E-state index in [1.807, 2.05) is 0 Å². The van der Waals surface area contributed by atoms with Crippen molar-refractivity contribution in [3.8, 4) is 0 Å². The van der Waals surface area contributed by atoms with Gasteiger partial charge in [0.1, 0.15) is 12.2 Å². The molecule has 3 heterocycles. The first-order valence-electron chi connectivity index (χ1n) is 10.1. The lowest BCUT2D eigenvalue weighted by atomic mass is 9.97. The van der Waals surface area contributed by atoms with Crippen molar-refractivity contribution in [1.29, 1.82) is 0 Å². The number of halogens is 7. The largest absolute Gasteiger partial charge is 0.410 e. The van der Waals surface area contributed by atoms with Crippen molar-refractivity contribution in [1.82, 2.24) is 9.80 Å². The molecule has 3 aliphatic rings. The van der Waals surface area contributed by atoms with Crippen LogP contribution in [0.1, 0.15) is 19.8 Å². The van der Waals surface area contributed by atoms with Gasteiger partial charge in [-0.15, -0.1) is 0 Å². The maximum atomic E-state index is 15.0. The third kappa shape index (κ3) is 4.87. The van der Waals surface area contributed by atoms with Gasteiger partial charge in [-0.25, -0.2) is 17.6 Å². The van der Waals surface area contributed by atoms with Crippen LogP contribution < -0.4 is 0 Å². The molecule has 3 aliphatic heterocycles. The Balaban J connectivity index is 1.72. The van der Waals surface area contributed by atoms with Crippen LogP contribution in [0.25, 0.3) is 0 Å². The van der Waals surface area contributed by atoms with Gasteiger partial charge < -0.3 is 14.2 Å². The Morgan fingerprint density at radius 1 is 0.700 bits per heavy atom. The first kappa shape index (κ1) is 24.0. The van der Waals surface area contributed by atoms with Crippen molar-refractivity contribution < 1.29 is 44.9 Å². The minimum atomic E-state index is -5.24. The van der Waals surface area contributed by atoms with E-state index in [2.05, 4.69) is 0 Å². The molecule has 0 amide bonds. The summed E-state index contributed by atoms with van der Waals surface area (Å²) in [6.45, 7) is 1.50. The molecule has 0 N–H and O–H groups in total. The zero-order valence-electron chi connectivity index (χ0n) is 16.6. The Morgan fingerprint density at radius 3 is 1.60 bits per heavy atom. The van der Waals surface area contributed by atoms with Gasteiger partial charge in [0, 0.05) is 26.2 Å². The molecule has 12 heteroatoms. The highest BCUT2D eigenvalue weighted by molar-refractivity contribution is 5.02. The quantitative estimate of drug-likeness (QED) is 0.580. The summed E-state index contributed by atoms with van der Waals surface area (Å²) in [5, 5.41) is 0.